The third kappa shape index (κ3) is 2.97. The van der Waals surface area contributed by atoms with E-state index in [0.717, 1.165) is 19.3 Å². The summed E-state index contributed by atoms with van der Waals surface area (Å²) in [5.74, 6) is 0.400. The van der Waals surface area contributed by atoms with E-state index in [9.17, 15) is 15.2 Å². The fourth-order valence-electron chi connectivity index (χ4n) is 2.19. The van der Waals surface area contributed by atoms with Gasteiger partial charge in [0.15, 0.2) is 0 Å². The highest BCUT2D eigenvalue weighted by Gasteiger charge is 2.26. The van der Waals surface area contributed by atoms with Crippen LogP contribution in [0.1, 0.15) is 19.3 Å². The third-order valence-corrected chi connectivity index (χ3v) is 3.62. The molecule has 0 spiro atoms. The zero-order chi connectivity index (χ0) is 13.1. The first-order chi connectivity index (χ1) is 8.58. The third-order valence-electron chi connectivity index (χ3n) is 3.18. The minimum absolute atomic E-state index is 0.0585. The van der Waals surface area contributed by atoms with E-state index < -0.39 is 4.92 Å². The molecule has 2 N–H and O–H groups in total. The number of anilines is 1. The van der Waals surface area contributed by atoms with Crippen molar-refractivity contribution < 1.29 is 10.0 Å². The van der Waals surface area contributed by atoms with Crippen LogP contribution in [0.15, 0.2) is 16.7 Å². The average molecular weight is 316 g/mol. The zero-order valence-electron chi connectivity index (χ0n) is 9.67. The van der Waals surface area contributed by atoms with Crippen molar-refractivity contribution in [2.24, 2.45) is 5.92 Å². The summed E-state index contributed by atoms with van der Waals surface area (Å²) in [6.45, 7) is 0.511. The number of aliphatic hydroxyl groups is 1. The van der Waals surface area contributed by atoms with Crippen LogP contribution >= 0.6 is 15.9 Å². The SMILES string of the molecule is O=[N+]([O-])c1cc(Br)cnc1NCC1CCCC1O. The molecule has 0 saturated heterocycles. The highest BCUT2D eigenvalue weighted by atomic mass is 79.9. The molecule has 2 rings (SSSR count). The normalized spacial score (nSPS) is 23.0. The van der Waals surface area contributed by atoms with E-state index in [1.54, 1.807) is 0 Å². The van der Waals surface area contributed by atoms with E-state index >= 15 is 0 Å². The number of rotatable bonds is 4. The fourth-order valence-corrected chi connectivity index (χ4v) is 2.51. The quantitative estimate of drug-likeness (QED) is 0.657. The van der Waals surface area contributed by atoms with E-state index in [0.29, 0.717) is 11.0 Å². The van der Waals surface area contributed by atoms with Gasteiger partial charge < -0.3 is 10.4 Å². The molecule has 1 aliphatic rings. The van der Waals surface area contributed by atoms with Gasteiger partial charge in [-0.2, -0.15) is 0 Å². The van der Waals surface area contributed by atoms with Crippen molar-refractivity contribution in [2.45, 2.75) is 25.4 Å². The van der Waals surface area contributed by atoms with Crippen molar-refractivity contribution in [1.82, 2.24) is 4.98 Å². The summed E-state index contributed by atoms with van der Waals surface area (Å²) in [6, 6.07) is 1.42. The molecule has 1 heterocycles. The maximum absolute atomic E-state index is 10.9. The molecule has 1 aromatic heterocycles. The number of hydrogen-bond acceptors (Lipinski definition) is 5. The van der Waals surface area contributed by atoms with Crippen LogP contribution < -0.4 is 5.32 Å². The second-order valence-corrected chi connectivity index (χ2v) is 5.33. The molecule has 1 aromatic rings. The monoisotopic (exact) mass is 315 g/mol. The van der Waals surface area contributed by atoms with Crippen molar-refractivity contribution in [3.63, 3.8) is 0 Å². The lowest BCUT2D eigenvalue weighted by Gasteiger charge is -2.15. The molecule has 1 fully saturated rings. The molecule has 0 bridgehead atoms. The standard InChI is InChI=1S/C11H14BrN3O3/c12-8-4-9(15(17)18)11(14-6-8)13-5-7-2-1-3-10(7)16/h4,6-7,10,16H,1-3,5H2,(H,13,14). The van der Waals surface area contributed by atoms with E-state index in [1.165, 1.54) is 12.3 Å². The number of aliphatic hydroxyl groups excluding tert-OH is 1. The summed E-state index contributed by atoms with van der Waals surface area (Å²) in [5, 5.41) is 23.5. The van der Waals surface area contributed by atoms with Crippen LogP contribution in [0.5, 0.6) is 0 Å². The van der Waals surface area contributed by atoms with Crippen molar-refractivity contribution in [1.29, 1.82) is 0 Å². The summed E-state index contributed by atoms with van der Waals surface area (Å²) >= 11 is 3.16. The van der Waals surface area contributed by atoms with E-state index in [2.05, 4.69) is 26.2 Å². The molecule has 0 amide bonds. The number of hydrogen-bond donors (Lipinski definition) is 2. The van der Waals surface area contributed by atoms with Crippen molar-refractivity contribution in [3.8, 4) is 0 Å². The lowest BCUT2D eigenvalue weighted by Crippen LogP contribution is -2.22. The summed E-state index contributed by atoms with van der Waals surface area (Å²) in [5.41, 5.74) is -0.0585. The smallest absolute Gasteiger partial charge is 0.312 e. The second-order valence-electron chi connectivity index (χ2n) is 4.42. The molecule has 0 radical (unpaired) electrons. The second kappa shape index (κ2) is 5.62. The summed E-state index contributed by atoms with van der Waals surface area (Å²) in [6.07, 6.45) is 3.96. The predicted molar refractivity (Wildman–Crippen MR) is 70.4 cm³/mol. The van der Waals surface area contributed by atoms with Crippen LogP contribution in [0.3, 0.4) is 0 Å². The molecular weight excluding hydrogens is 302 g/mol. The van der Waals surface area contributed by atoms with Crippen molar-refractivity contribution >= 4 is 27.4 Å². The van der Waals surface area contributed by atoms with E-state index in [-0.39, 0.29) is 23.5 Å². The van der Waals surface area contributed by atoms with Crippen LogP contribution in [-0.2, 0) is 0 Å². The molecule has 1 aliphatic carbocycles. The highest BCUT2D eigenvalue weighted by Crippen LogP contribution is 2.28. The largest absolute Gasteiger partial charge is 0.393 e. The minimum Gasteiger partial charge on any atom is -0.393 e. The Morgan fingerprint density at radius 1 is 1.61 bits per heavy atom. The van der Waals surface area contributed by atoms with E-state index in [1.807, 2.05) is 0 Å². The number of nitrogens with zero attached hydrogens (tertiary/aromatic N) is 2. The van der Waals surface area contributed by atoms with Gasteiger partial charge in [0.05, 0.1) is 11.0 Å². The van der Waals surface area contributed by atoms with Crippen LogP contribution in [0.2, 0.25) is 0 Å². The predicted octanol–water partition coefficient (Wildman–Crippen LogP) is 2.33. The minimum atomic E-state index is -0.467. The first-order valence-corrected chi connectivity index (χ1v) is 6.59. The lowest BCUT2D eigenvalue weighted by atomic mass is 10.1. The summed E-state index contributed by atoms with van der Waals surface area (Å²) in [7, 11) is 0. The Balaban J connectivity index is 2.06. The molecular formula is C11H14BrN3O3. The number of halogens is 1. The van der Waals surface area contributed by atoms with Gasteiger partial charge in [-0.1, -0.05) is 6.42 Å². The summed E-state index contributed by atoms with van der Waals surface area (Å²) < 4.78 is 0.570. The Hall–Kier alpha value is -1.21. The molecule has 2 atom stereocenters. The molecule has 0 aliphatic heterocycles. The zero-order valence-corrected chi connectivity index (χ0v) is 11.3. The number of nitro groups is 1. The first kappa shape index (κ1) is 13.2. The van der Waals surface area contributed by atoms with Gasteiger partial charge in [0.2, 0.25) is 5.82 Å². The van der Waals surface area contributed by atoms with Gasteiger partial charge in [-0.3, -0.25) is 10.1 Å². The van der Waals surface area contributed by atoms with E-state index in [4.69, 9.17) is 0 Å². The number of pyridine rings is 1. The highest BCUT2D eigenvalue weighted by molar-refractivity contribution is 9.10. The molecule has 0 aromatic carbocycles. The van der Waals surface area contributed by atoms with Gasteiger partial charge in [-0.25, -0.2) is 4.98 Å². The lowest BCUT2D eigenvalue weighted by molar-refractivity contribution is -0.384. The van der Waals surface area contributed by atoms with Crippen LogP contribution in [0.25, 0.3) is 0 Å². The first-order valence-electron chi connectivity index (χ1n) is 5.80. The van der Waals surface area contributed by atoms with Crippen molar-refractivity contribution in [2.75, 3.05) is 11.9 Å². The van der Waals surface area contributed by atoms with Crippen LogP contribution in [0, 0.1) is 16.0 Å². The molecule has 7 heteroatoms. The Bertz CT molecular complexity index is 455. The van der Waals surface area contributed by atoms with Crippen LogP contribution in [0.4, 0.5) is 11.5 Å². The van der Waals surface area contributed by atoms with Crippen molar-refractivity contribution in [3.05, 3.63) is 26.9 Å². The Labute approximate surface area is 113 Å². The molecule has 2 unspecified atom stereocenters. The Morgan fingerprint density at radius 2 is 2.39 bits per heavy atom. The fraction of sp³-hybridized carbons (Fsp3) is 0.545. The number of nitrogens with one attached hydrogen (secondary N) is 1. The summed E-state index contributed by atoms with van der Waals surface area (Å²) in [4.78, 5) is 14.4. The molecule has 1 saturated carbocycles. The van der Waals surface area contributed by atoms with Gasteiger partial charge in [0.1, 0.15) is 0 Å². The molecule has 18 heavy (non-hydrogen) atoms. The number of aromatic nitrogens is 1. The van der Waals surface area contributed by atoms with Gasteiger partial charge in [-0.05, 0) is 28.8 Å². The Morgan fingerprint density at radius 3 is 3.00 bits per heavy atom. The maximum Gasteiger partial charge on any atom is 0.312 e. The van der Waals surface area contributed by atoms with Gasteiger partial charge in [0, 0.05) is 29.2 Å². The average Bonchev–Trinajstić information content (AvgIpc) is 2.73. The maximum atomic E-state index is 10.9. The Kier molecular flexibility index (Phi) is 4.13. The van der Waals surface area contributed by atoms with Gasteiger partial charge in [-0.15, -0.1) is 0 Å². The molecule has 98 valence electrons. The topological polar surface area (TPSA) is 88.3 Å². The van der Waals surface area contributed by atoms with Gasteiger partial charge in [0.25, 0.3) is 0 Å². The van der Waals surface area contributed by atoms with Gasteiger partial charge >= 0.3 is 5.69 Å². The van der Waals surface area contributed by atoms with Crippen LogP contribution in [-0.4, -0.2) is 27.7 Å². The molecule has 6 nitrogen and oxygen atoms in total.